The molecular weight excluding hydrogens is 454 g/mol. The molecule has 0 amide bonds. The minimum Gasteiger partial charge on any atom is -0.380 e. The molecule has 2 aliphatic carbocycles. The van der Waals surface area contributed by atoms with E-state index in [4.69, 9.17) is 4.52 Å². The van der Waals surface area contributed by atoms with Crippen LogP contribution in [0.25, 0.3) is 0 Å². The van der Waals surface area contributed by atoms with Gasteiger partial charge in [0.2, 0.25) is 5.89 Å². The van der Waals surface area contributed by atoms with Crippen molar-refractivity contribution in [1.29, 1.82) is 0 Å². The maximum Gasteiger partial charge on any atom is 0.534 e. The van der Waals surface area contributed by atoms with E-state index in [1.54, 1.807) is 0 Å². The van der Waals surface area contributed by atoms with Crippen molar-refractivity contribution in [2.75, 3.05) is 0 Å². The maximum atomic E-state index is 12.8. The summed E-state index contributed by atoms with van der Waals surface area (Å²) in [5.41, 5.74) is -8.03. The Labute approximate surface area is 172 Å². The van der Waals surface area contributed by atoms with Crippen LogP contribution in [0, 0.1) is 0 Å². The molecule has 168 valence electrons. The van der Waals surface area contributed by atoms with Gasteiger partial charge in [-0.25, -0.2) is 0 Å². The lowest BCUT2D eigenvalue weighted by molar-refractivity contribution is -0.137. The number of benzene rings is 1. The number of rotatable bonds is 6. The van der Waals surface area contributed by atoms with E-state index in [9.17, 15) is 34.8 Å². The molecule has 0 saturated heterocycles. The highest BCUT2D eigenvalue weighted by Gasteiger charge is 2.59. The summed E-state index contributed by atoms with van der Waals surface area (Å²) in [4.78, 5) is 4.22. The van der Waals surface area contributed by atoms with Crippen molar-refractivity contribution in [3.8, 4) is 0 Å². The lowest BCUT2D eigenvalue weighted by Gasteiger charge is -2.16. The molecule has 0 bridgehead atoms. The van der Waals surface area contributed by atoms with Gasteiger partial charge in [-0.15, -0.1) is 0 Å². The Kier molecular flexibility index (Phi) is 4.52. The Bertz CT molecular complexity index is 1130. The van der Waals surface area contributed by atoms with Crippen LogP contribution in [0.2, 0.25) is 0 Å². The monoisotopic (exact) mass is 468 g/mol. The van der Waals surface area contributed by atoms with Crippen LogP contribution in [0.3, 0.4) is 0 Å². The summed E-state index contributed by atoms with van der Waals surface area (Å²) >= 11 is 0. The van der Waals surface area contributed by atoms with Crippen LogP contribution in [0.15, 0.2) is 41.1 Å². The van der Waals surface area contributed by atoms with Crippen LogP contribution in [-0.4, -0.2) is 24.1 Å². The highest BCUT2D eigenvalue weighted by atomic mass is 32.2. The minimum atomic E-state index is -5.90. The number of nitrogens with zero attached hydrogens (tertiary/aromatic N) is 2. The largest absolute Gasteiger partial charge is 0.534 e. The molecule has 0 atom stereocenters. The Hall–Kier alpha value is -2.57. The average molecular weight is 468 g/mol. The standard InChI is InChI=1S/C18H14F6N2O4S/c1-10(30-31(27,28)18(22,23)24)15(6-7-15)14-25-13(26-29-14)16(8-9-16)11-2-4-12(5-3-11)17(19,20)21/h2-5H,1,6-9H2. The smallest absolute Gasteiger partial charge is 0.380 e. The van der Waals surface area contributed by atoms with E-state index in [2.05, 4.69) is 20.9 Å². The van der Waals surface area contributed by atoms with Crippen LogP contribution >= 0.6 is 0 Å². The Balaban J connectivity index is 1.58. The second kappa shape index (κ2) is 6.47. The van der Waals surface area contributed by atoms with Gasteiger partial charge in [0.25, 0.3) is 0 Å². The van der Waals surface area contributed by atoms with E-state index < -0.39 is 44.0 Å². The fourth-order valence-corrected chi connectivity index (χ4v) is 3.87. The van der Waals surface area contributed by atoms with E-state index >= 15 is 0 Å². The molecule has 6 nitrogen and oxygen atoms in total. The highest BCUT2D eigenvalue weighted by molar-refractivity contribution is 7.87. The fraction of sp³-hybridized carbons (Fsp3) is 0.444. The fourth-order valence-electron chi connectivity index (χ4n) is 3.35. The van der Waals surface area contributed by atoms with Crippen LogP contribution in [-0.2, 0) is 31.3 Å². The van der Waals surface area contributed by atoms with Crippen molar-refractivity contribution < 1.29 is 43.5 Å². The normalized spacial score (nSPS) is 19.7. The van der Waals surface area contributed by atoms with Crippen molar-refractivity contribution in [2.24, 2.45) is 0 Å². The number of hydrogen-bond acceptors (Lipinski definition) is 6. The molecule has 0 N–H and O–H groups in total. The number of hydrogen-bond donors (Lipinski definition) is 0. The molecule has 2 saturated carbocycles. The molecule has 0 radical (unpaired) electrons. The summed E-state index contributed by atoms with van der Waals surface area (Å²) in [7, 11) is -5.90. The van der Waals surface area contributed by atoms with Gasteiger partial charge >= 0.3 is 21.8 Å². The molecule has 2 fully saturated rings. The maximum absolute atomic E-state index is 12.8. The molecule has 0 aliphatic heterocycles. The van der Waals surface area contributed by atoms with Crippen molar-refractivity contribution in [3.05, 3.63) is 59.4 Å². The van der Waals surface area contributed by atoms with Crippen LogP contribution < -0.4 is 0 Å². The van der Waals surface area contributed by atoms with Gasteiger partial charge in [-0.2, -0.15) is 39.7 Å². The molecule has 2 aromatic rings. The first-order valence-corrected chi connectivity index (χ1v) is 10.3. The van der Waals surface area contributed by atoms with Crippen molar-refractivity contribution in [2.45, 2.75) is 48.2 Å². The molecule has 0 unspecified atom stereocenters. The molecule has 13 heteroatoms. The van der Waals surface area contributed by atoms with Crippen molar-refractivity contribution in [1.82, 2.24) is 10.1 Å². The Morgan fingerprint density at radius 2 is 1.61 bits per heavy atom. The van der Waals surface area contributed by atoms with Crippen LogP contribution in [0.5, 0.6) is 0 Å². The van der Waals surface area contributed by atoms with Crippen molar-refractivity contribution >= 4 is 10.1 Å². The number of aromatic nitrogens is 2. The molecule has 1 heterocycles. The van der Waals surface area contributed by atoms with Gasteiger partial charge in [-0.1, -0.05) is 23.9 Å². The molecule has 1 aromatic heterocycles. The molecule has 0 spiro atoms. The lowest BCUT2D eigenvalue weighted by atomic mass is 9.94. The molecule has 31 heavy (non-hydrogen) atoms. The van der Waals surface area contributed by atoms with Gasteiger partial charge in [-0.05, 0) is 43.4 Å². The number of allylic oxidation sites excluding steroid dienone is 1. The quantitative estimate of drug-likeness (QED) is 0.267. The summed E-state index contributed by atoms with van der Waals surface area (Å²) in [6.07, 6.45) is -3.04. The topological polar surface area (TPSA) is 82.3 Å². The number of halogens is 6. The van der Waals surface area contributed by atoms with E-state index in [0.717, 1.165) is 12.1 Å². The molecule has 4 rings (SSSR count). The predicted molar refractivity (Wildman–Crippen MR) is 91.9 cm³/mol. The first-order chi connectivity index (χ1) is 14.2. The van der Waals surface area contributed by atoms with Gasteiger partial charge in [0.15, 0.2) is 5.82 Å². The summed E-state index contributed by atoms with van der Waals surface area (Å²) < 4.78 is 108. The summed E-state index contributed by atoms with van der Waals surface area (Å²) in [6.45, 7) is 3.31. The van der Waals surface area contributed by atoms with Gasteiger partial charge in [0, 0.05) is 0 Å². The van der Waals surface area contributed by atoms with Gasteiger partial charge in [0.1, 0.15) is 11.2 Å². The zero-order valence-electron chi connectivity index (χ0n) is 15.5. The van der Waals surface area contributed by atoms with Gasteiger partial charge in [-0.3, -0.25) is 0 Å². The lowest BCUT2D eigenvalue weighted by Crippen LogP contribution is -2.28. The third kappa shape index (κ3) is 3.58. The zero-order chi connectivity index (χ0) is 22.9. The molecular formula is C18H14F6N2O4S. The summed E-state index contributed by atoms with van der Waals surface area (Å²) in [5, 5.41) is 3.86. The van der Waals surface area contributed by atoms with Crippen LogP contribution in [0.4, 0.5) is 26.3 Å². The van der Waals surface area contributed by atoms with Crippen LogP contribution in [0.1, 0.15) is 48.5 Å². The van der Waals surface area contributed by atoms with Crippen molar-refractivity contribution in [3.63, 3.8) is 0 Å². The van der Waals surface area contributed by atoms with E-state index in [-0.39, 0.29) is 24.6 Å². The van der Waals surface area contributed by atoms with E-state index in [1.165, 1.54) is 12.1 Å². The Morgan fingerprint density at radius 1 is 1.03 bits per heavy atom. The van der Waals surface area contributed by atoms with E-state index in [0.29, 0.717) is 18.4 Å². The summed E-state index contributed by atoms with van der Waals surface area (Å²) in [6, 6.07) is 4.51. The minimum absolute atomic E-state index is 0.150. The zero-order valence-corrected chi connectivity index (χ0v) is 16.4. The first-order valence-electron chi connectivity index (χ1n) is 8.94. The average Bonchev–Trinajstić information content (AvgIpc) is 3.58. The Morgan fingerprint density at radius 3 is 2.06 bits per heavy atom. The van der Waals surface area contributed by atoms with Gasteiger partial charge in [0.05, 0.1) is 11.0 Å². The summed E-state index contributed by atoms with van der Waals surface area (Å²) in [5.74, 6) is -0.678. The number of alkyl halides is 6. The van der Waals surface area contributed by atoms with E-state index in [1.807, 2.05) is 0 Å². The third-order valence-electron chi connectivity index (χ3n) is 5.56. The SMILES string of the molecule is C=C(OS(=O)(=O)C(F)(F)F)C1(c2nc(C3(c4ccc(C(F)(F)F)cc4)CC3)no2)CC1. The first kappa shape index (κ1) is 21.7. The van der Waals surface area contributed by atoms with Gasteiger partial charge < -0.3 is 8.71 Å². The highest BCUT2D eigenvalue weighted by Crippen LogP contribution is 2.56. The second-order valence-electron chi connectivity index (χ2n) is 7.57. The predicted octanol–water partition coefficient (Wildman–Crippen LogP) is 4.58. The second-order valence-corrected chi connectivity index (χ2v) is 9.11. The third-order valence-corrected chi connectivity index (χ3v) is 6.54. The molecule has 1 aromatic carbocycles. The molecule has 2 aliphatic rings.